The molecule has 2 aromatic carbocycles. The van der Waals surface area contributed by atoms with Crippen LogP contribution in [0, 0.1) is 0 Å². The minimum Gasteiger partial charge on any atom is -0.497 e. The van der Waals surface area contributed by atoms with E-state index < -0.39 is 0 Å². The van der Waals surface area contributed by atoms with Gasteiger partial charge in [0.2, 0.25) is 0 Å². The molecule has 2 amide bonds. The molecule has 2 heterocycles. The van der Waals surface area contributed by atoms with Crippen LogP contribution in [0.2, 0.25) is 0 Å². The molecule has 1 saturated heterocycles. The molecule has 4 rings (SSSR count). The second-order valence-electron chi connectivity index (χ2n) is 7.69. The zero-order valence-electron chi connectivity index (χ0n) is 19.6. The SMILES string of the molecule is CCOc1ccc(-n2nnnc2CN2CCN(C(=O)Nc3ccc(OC)cc3OC)CC2)cc1. The summed E-state index contributed by atoms with van der Waals surface area (Å²) in [6, 6.07) is 12.8. The molecule has 1 aliphatic heterocycles. The van der Waals surface area contributed by atoms with Crippen LogP contribution in [-0.4, -0.2) is 83.0 Å². The van der Waals surface area contributed by atoms with E-state index in [1.807, 2.05) is 31.2 Å². The van der Waals surface area contributed by atoms with Crippen molar-refractivity contribution in [2.24, 2.45) is 0 Å². The fourth-order valence-corrected chi connectivity index (χ4v) is 3.76. The number of carbonyl (C=O) groups excluding carboxylic acids is 1. The second kappa shape index (κ2) is 10.8. The molecule has 0 aliphatic carbocycles. The van der Waals surface area contributed by atoms with E-state index in [9.17, 15) is 4.79 Å². The molecule has 0 radical (unpaired) electrons. The summed E-state index contributed by atoms with van der Waals surface area (Å²) in [6.07, 6.45) is 0. The maximum absolute atomic E-state index is 12.8. The molecule has 0 saturated carbocycles. The van der Waals surface area contributed by atoms with Crippen molar-refractivity contribution in [3.05, 3.63) is 48.3 Å². The number of piperazine rings is 1. The molecule has 11 nitrogen and oxygen atoms in total. The molecule has 0 bridgehead atoms. The highest BCUT2D eigenvalue weighted by Crippen LogP contribution is 2.29. The Labute approximate surface area is 198 Å². The number of hydrogen-bond acceptors (Lipinski definition) is 8. The van der Waals surface area contributed by atoms with Crippen molar-refractivity contribution >= 4 is 11.7 Å². The van der Waals surface area contributed by atoms with E-state index >= 15 is 0 Å². The standard InChI is InChI=1S/C23H29N7O4/c1-4-34-18-7-5-17(6-8-18)30-22(25-26-27-30)16-28-11-13-29(14-12-28)23(31)24-20-10-9-19(32-2)15-21(20)33-3/h5-10,15H,4,11-14,16H2,1-3H3,(H,24,31). The van der Waals surface area contributed by atoms with Gasteiger partial charge in [-0.3, -0.25) is 4.90 Å². The van der Waals surface area contributed by atoms with Gasteiger partial charge in [0.05, 0.1) is 38.7 Å². The molecular formula is C23H29N7O4. The number of benzene rings is 2. The minimum atomic E-state index is -0.165. The van der Waals surface area contributed by atoms with Gasteiger partial charge in [0.25, 0.3) is 0 Å². The monoisotopic (exact) mass is 467 g/mol. The lowest BCUT2D eigenvalue weighted by atomic mass is 10.2. The highest BCUT2D eigenvalue weighted by Gasteiger charge is 2.23. The summed E-state index contributed by atoms with van der Waals surface area (Å²) in [7, 11) is 3.15. The molecule has 0 spiro atoms. The summed E-state index contributed by atoms with van der Waals surface area (Å²) in [5.41, 5.74) is 1.47. The average Bonchev–Trinajstić information content (AvgIpc) is 3.33. The van der Waals surface area contributed by atoms with Crippen molar-refractivity contribution < 1.29 is 19.0 Å². The third-order valence-corrected chi connectivity index (χ3v) is 5.60. The number of hydrogen-bond donors (Lipinski definition) is 1. The molecular weight excluding hydrogens is 438 g/mol. The summed E-state index contributed by atoms with van der Waals surface area (Å²) >= 11 is 0. The minimum absolute atomic E-state index is 0.165. The van der Waals surface area contributed by atoms with Crippen LogP contribution in [-0.2, 0) is 6.54 Å². The molecule has 0 atom stereocenters. The van der Waals surface area contributed by atoms with Gasteiger partial charge in [0.15, 0.2) is 5.82 Å². The number of ether oxygens (including phenoxy) is 3. The lowest BCUT2D eigenvalue weighted by molar-refractivity contribution is 0.140. The Bertz CT molecular complexity index is 1090. The van der Waals surface area contributed by atoms with E-state index in [1.165, 1.54) is 0 Å². The number of urea groups is 1. The van der Waals surface area contributed by atoms with E-state index in [1.54, 1.807) is 42.0 Å². The quantitative estimate of drug-likeness (QED) is 0.538. The van der Waals surface area contributed by atoms with Gasteiger partial charge in [-0.15, -0.1) is 5.10 Å². The van der Waals surface area contributed by atoms with Crippen LogP contribution in [0.5, 0.6) is 17.2 Å². The van der Waals surface area contributed by atoms with Crippen LogP contribution < -0.4 is 19.5 Å². The van der Waals surface area contributed by atoms with Crippen molar-refractivity contribution in [2.75, 3.05) is 52.3 Å². The summed E-state index contributed by atoms with van der Waals surface area (Å²) in [5.74, 6) is 2.76. The van der Waals surface area contributed by atoms with Gasteiger partial charge < -0.3 is 24.4 Å². The van der Waals surface area contributed by atoms with Crippen LogP contribution in [0.4, 0.5) is 10.5 Å². The number of amides is 2. The molecule has 11 heteroatoms. The van der Waals surface area contributed by atoms with Crippen LogP contribution >= 0.6 is 0 Å². The van der Waals surface area contributed by atoms with Crippen molar-refractivity contribution in [1.29, 1.82) is 0 Å². The first kappa shape index (κ1) is 23.3. The van der Waals surface area contributed by atoms with E-state index in [4.69, 9.17) is 14.2 Å². The van der Waals surface area contributed by atoms with Gasteiger partial charge in [-0.1, -0.05) is 0 Å². The fraction of sp³-hybridized carbons (Fsp3) is 0.391. The first-order valence-electron chi connectivity index (χ1n) is 11.1. The number of nitrogens with zero attached hydrogens (tertiary/aromatic N) is 6. The number of methoxy groups -OCH3 is 2. The van der Waals surface area contributed by atoms with Gasteiger partial charge in [0, 0.05) is 32.2 Å². The zero-order valence-corrected chi connectivity index (χ0v) is 19.6. The normalized spacial score (nSPS) is 14.0. The number of anilines is 1. The maximum Gasteiger partial charge on any atom is 0.322 e. The van der Waals surface area contributed by atoms with Crippen LogP contribution in [0.15, 0.2) is 42.5 Å². The van der Waals surface area contributed by atoms with Gasteiger partial charge >= 0.3 is 6.03 Å². The average molecular weight is 468 g/mol. The molecule has 0 unspecified atom stereocenters. The van der Waals surface area contributed by atoms with Crippen molar-refractivity contribution in [2.45, 2.75) is 13.5 Å². The lowest BCUT2D eigenvalue weighted by Crippen LogP contribution is -2.49. The van der Waals surface area contributed by atoms with Crippen LogP contribution in [0.25, 0.3) is 5.69 Å². The van der Waals surface area contributed by atoms with Crippen molar-refractivity contribution in [3.63, 3.8) is 0 Å². The third-order valence-electron chi connectivity index (χ3n) is 5.60. The van der Waals surface area contributed by atoms with Gasteiger partial charge in [0.1, 0.15) is 17.2 Å². The maximum atomic E-state index is 12.8. The number of tetrazole rings is 1. The van der Waals surface area contributed by atoms with Crippen LogP contribution in [0.3, 0.4) is 0 Å². The second-order valence-corrected chi connectivity index (χ2v) is 7.69. The summed E-state index contributed by atoms with van der Waals surface area (Å²) in [4.78, 5) is 16.8. The Kier molecular flexibility index (Phi) is 7.43. The molecule has 180 valence electrons. The summed E-state index contributed by atoms with van der Waals surface area (Å²) in [6.45, 7) is 5.76. The summed E-state index contributed by atoms with van der Waals surface area (Å²) < 4.78 is 17.8. The number of carbonyl (C=O) groups is 1. The van der Waals surface area contributed by atoms with E-state index in [0.717, 1.165) is 17.3 Å². The van der Waals surface area contributed by atoms with Gasteiger partial charge in [-0.25, -0.2) is 4.79 Å². The topological polar surface area (TPSA) is 107 Å². The molecule has 1 N–H and O–H groups in total. The zero-order chi connectivity index (χ0) is 23.9. The highest BCUT2D eigenvalue weighted by atomic mass is 16.5. The van der Waals surface area contributed by atoms with E-state index in [-0.39, 0.29) is 6.03 Å². The van der Waals surface area contributed by atoms with Crippen molar-refractivity contribution in [1.82, 2.24) is 30.0 Å². The predicted molar refractivity (Wildman–Crippen MR) is 126 cm³/mol. The van der Waals surface area contributed by atoms with Gasteiger partial charge in [-0.05, 0) is 53.7 Å². The van der Waals surface area contributed by atoms with Crippen LogP contribution in [0.1, 0.15) is 12.7 Å². The highest BCUT2D eigenvalue weighted by molar-refractivity contribution is 5.91. The third kappa shape index (κ3) is 5.37. The number of rotatable bonds is 8. The first-order chi connectivity index (χ1) is 16.6. The Morgan fingerprint density at radius 1 is 1.00 bits per heavy atom. The Balaban J connectivity index is 1.33. The number of nitrogens with one attached hydrogen (secondary N) is 1. The van der Waals surface area contributed by atoms with E-state index in [2.05, 4.69) is 25.7 Å². The Hall–Kier alpha value is -3.86. The predicted octanol–water partition coefficient (Wildman–Crippen LogP) is 2.43. The molecule has 1 fully saturated rings. The molecule has 3 aromatic rings. The Morgan fingerprint density at radius 2 is 1.74 bits per heavy atom. The lowest BCUT2D eigenvalue weighted by Gasteiger charge is -2.34. The van der Waals surface area contributed by atoms with Crippen molar-refractivity contribution in [3.8, 4) is 22.9 Å². The molecule has 1 aliphatic rings. The molecule has 1 aromatic heterocycles. The smallest absolute Gasteiger partial charge is 0.322 e. The fourth-order valence-electron chi connectivity index (χ4n) is 3.76. The van der Waals surface area contributed by atoms with Gasteiger partial charge in [-0.2, -0.15) is 4.68 Å². The molecule has 34 heavy (non-hydrogen) atoms. The largest absolute Gasteiger partial charge is 0.497 e. The number of aromatic nitrogens is 4. The first-order valence-corrected chi connectivity index (χ1v) is 11.1. The summed E-state index contributed by atoms with van der Waals surface area (Å²) in [5, 5.41) is 15.1. The van der Waals surface area contributed by atoms with E-state index in [0.29, 0.717) is 56.5 Å². The Morgan fingerprint density at radius 3 is 2.41 bits per heavy atom.